The van der Waals surface area contributed by atoms with Gasteiger partial charge in [0.05, 0.1) is 24.8 Å². The minimum Gasteiger partial charge on any atom is -0.407 e. The number of nitrogens with zero attached hydrogens (tertiary/aromatic N) is 10. The zero-order valence-electron chi connectivity index (χ0n) is 46.6. The molecule has 428 valence electrons. The molecule has 11 rings (SSSR count). The van der Waals surface area contributed by atoms with Crippen molar-refractivity contribution in [3.05, 3.63) is 180 Å². The lowest BCUT2D eigenvalue weighted by molar-refractivity contribution is -0.142. The van der Waals surface area contributed by atoms with Gasteiger partial charge in [0.1, 0.15) is 35.5 Å². The maximum Gasteiger partial charge on any atom is 0.495 e. The fourth-order valence-corrected chi connectivity index (χ4v) is 10.1. The predicted octanol–water partition coefficient (Wildman–Crippen LogP) is 7.16. The molecule has 20 nitrogen and oxygen atoms in total. The molecule has 2 aromatic carbocycles. The van der Waals surface area contributed by atoms with Crippen LogP contribution in [0.4, 0.5) is 0 Å². The second-order valence-electron chi connectivity index (χ2n) is 23.0. The van der Waals surface area contributed by atoms with E-state index < -0.39 is 30.1 Å². The molecule has 4 amide bonds. The second-order valence-corrected chi connectivity index (χ2v) is 24.8. The Morgan fingerprint density at radius 3 is 1.45 bits per heavy atom. The van der Waals surface area contributed by atoms with Crippen LogP contribution in [0.2, 0.25) is 10.0 Å². The highest BCUT2D eigenvalue weighted by atomic mass is 79.9. The smallest absolute Gasteiger partial charge is 0.407 e. The van der Waals surface area contributed by atoms with Gasteiger partial charge in [-0.05, 0) is 98.6 Å². The maximum absolute atomic E-state index is 13.6. The third-order valence-electron chi connectivity index (χ3n) is 13.9. The number of amides is 4. The first kappa shape index (κ1) is 59.9. The Morgan fingerprint density at radius 1 is 0.566 bits per heavy atom. The summed E-state index contributed by atoms with van der Waals surface area (Å²) in [5.74, 6) is -1.46. The summed E-state index contributed by atoms with van der Waals surface area (Å²) < 4.78 is 15.4. The Balaban J connectivity index is 0.000000178. The molecular weight excluding hydrogens is 1170 g/mol. The molecule has 0 bridgehead atoms. The highest BCUT2D eigenvalue weighted by Crippen LogP contribution is 2.31. The van der Waals surface area contributed by atoms with E-state index in [1.54, 1.807) is 108 Å². The van der Waals surface area contributed by atoms with Gasteiger partial charge in [-0.3, -0.25) is 37.9 Å². The van der Waals surface area contributed by atoms with Crippen molar-refractivity contribution in [2.75, 3.05) is 39.4 Å². The summed E-state index contributed by atoms with van der Waals surface area (Å²) in [7, 11) is -0.609. The number of likely N-dealkylation sites (tertiary alicyclic amines) is 2. The summed E-state index contributed by atoms with van der Waals surface area (Å²) in [6.07, 6.45) is 9.66. The maximum atomic E-state index is 13.6. The van der Waals surface area contributed by atoms with Crippen molar-refractivity contribution >= 4 is 97.4 Å². The number of carbonyl (C=O) groups is 4. The minimum atomic E-state index is -0.609. The third kappa shape index (κ3) is 15.1. The molecule has 6 aromatic heterocycles. The average molecular weight is 1230 g/mol. The molecule has 3 aliphatic rings. The van der Waals surface area contributed by atoms with Crippen molar-refractivity contribution < 1.29 is 28.5 Å². The van der Waals surface area contributed by atoms with Crippen molar-refractivity contribution in [3.8, 4) is 11.1 Å². The van der Waals surface area contributed by atoms with Gasteiger partial charge in [0.2, 0.25) is 11.8 Å². The topological polar surface area (TPSA) is 239 Å². The van der Waals surface area contributed by atoms with Crippen LogP contribution >= 0.6 is 39.1 Å². The van der Waals surface area contributed by atoms with Crippen LogP contribution in [0.3, 0.4) is 0 Å². The Labute approximate surface area is 497 Å². The standard InChI is InChI=1S/C28H32BClN4O5.C27H25ClN6O3.C4H3BrN2/c1-27(2)14-33(15-27)23(35)13-34-24-19(9-20(12-31-24)29-38-16-28(3,4)17-39-29)10-22(26(34)37)25(36)32-11-18-5-7-21(30)8-6-18;1-27(2)15-33(16-27)23(35)14-34-24-19(9-20(12-29-24)18-7-8-31-32-13-18)10-22(26(34)37)25(36)30-11-17-3-5-21(28)6-4-17;5-4-1-2-6-7-3-4/h5-10,12H,11,13-17H2,1-4H3,(H,32,36);3-10,12-13H,11,14-16H2,1-2H3,(H,30,36);1-3H. The summed E-state index contributed by atoms with van der Waals surface area (Å²) >= 11 is 15.1. The SMILES string of the molecule is Brc1ccnnc1.CC1(C)CN(C(=O)Cn2c(=O)c(C(=O)NCc3ccc(Cl)cc3)cc3cc(-c4ccnnc4)cnc32)C1.CC1(C)COB(c2cnc3c(c2)cc(C(=O)NCc2ccc(Cl)cc2)c(=O)n3CC(=O)N2CC(C)(C)C2)OC1. The average Bonchev–Trinajstić information content (AvgIpc) is 3.26. The molecule has 2 N–H and O–H groups in total. The number of pyridine rings is 4. The zero-order chi connectivity index (χ0) is 59.2. The number of hydrogen-bond donors (Lipinski definition) is 2. The largest absolute Gasteiger partial charge is 0.495 e. The van der Waals surface area contributed by atoms with E-state index in [1.165, 1.54) is 21.3 Å². The fraction of sp³-hybridized carbons (Fsp3) is 0.322. The molecule has 9 heterocycles. The van der Waals surface area contributed by atoms with E-state index in [9.17, 15) is 28.8 Å². The van der Waals surface area contributed by atoms with E-state index in [1.807, 2.05) is 12.1 Å². The number of hydrogen-bond acceptors (Lipinski definition) is 14. The van der Waals surface area contributed by atoms with Gasteiger partial charge in [-0.1, -0.05) is 89.0 Å². The van der Waals surface area contributed by atoms with E-state index in [0.717, 1.165) is 26.7 Å². The quantitative estimate of drug-likeness (QED) is 0.116. The van der Waals surface area contributed by atoms with E-state index >= 15 is 0 Å². The number of nitrogens with one attached hydrogen (secondary N) is 2. The van der Waals surface area contributed by atoms with Crippen LogP contribution in [0.5, 0.6) is 0 Å². The molecule has 0 spiro atoms. The van der Waals surface area contributed by atoms with Crippen LogP contribution in [-0.4, -0.2) is 119 Å². The molecule has 0 atom stereocenters. The molecule has 3 aliphatic heterocycles. The Bertz CT molecular complexity index is 3810. The van der Waals surface area contributed by atoms with Gasteiger partial charge in [0, 0.05) is 112 Å². The molecule has 3 fully saturated rings. The van der Waals surface area contributed by atoms with Crippen LogP contribution in [0.25, 0.3) is 33.2 Å². The number of halogens is 3. The van der Waals surface area contributed by atoms with Crippen molar-refractivity contribution in [2.45, 2.75) is 67.7 Å². The molecule has 0 saturated carbocycles. The van der Waals surface area contributed by atoms with Crippen molar-refractivity contribution in [1.82, 2.24) is 59.9 Å². The van der Waals surface area contributed by atoms with Gasteiger partial charge in [0.15, 0.2) is 0 Å². The highest BCUT2D eigenvalue weighted by Gasteiger charge is 2.39. The van der Waals surface area contributed by atoms with Crippen LogP contribution in [0.15, 0.2) is 136 Å². The lowest BCUT2D eigenvalue weighted by Gasteiger charge is -2.45. The number of rotatable bonds is 12. The van der Waals surface area contributed by atoms with Crippen LogP contribution < -0.4 is 27.2 Å². The Hall–Kier alpha value is -7.76. The predicted molar refractivity (Wildman–Crippen MR) is 320 cm³/mol. The van der Waals surface area contributed by atoms with E-state index in [-0.39, 0.29) is 65.4 Å². The minimum absolute atomic E-state index is 0.0494. The lowest BCUT2D eigenvalue weighted by atomic mass is 9.76. The summed E-state index contributed by atoms with van der Waals surface area (Å²) in [5.41, 5.74) is 3.26. The number of carbonyl (C=O) groups excluding carboxylic acids is 4. The van der Waals surface area contributed by atoms with Gasteiger partial charge >= 0.3 is 7.12 Å². The van der Waals surface area contributed by atoms with E-state index in [4.69, 9.17) is 32.5 Å². The van der Waals surface area contributed by atoms with Gasteiger partial charge in [-0.15, -0.1) is 0 Å². The van der Waals surface area contributed by atoms with E-state index in [2.05, 4.69) is 98.5 Å². The lowest BCUT2D eigenvalue weighted by Crippen LogP contribution is -2.56. The molecule has 0 unspecified atom stereocenters. The van der Waals surface area contributed by atoms with Gasteiger partial charge in [0.25, 0.3) is 22.9 Å². The first-order valence-electron chi connectivity index (χ1n) is 26.6. The van der Waals surface area contributed by atoms with Crippen molar-refractivity contribution in [1.29, 1.82) is 0 Å². The van der Waals surface area contributed by atoms with Crippen LogP contribution in [-0.2, 0) is 45.1 Å². The summed E-state index contributed by atoms with van der Waals surface area (Å²) in [6.45, 7) is 16.0. The normalized spacial score (nSPS) is 15.6. The van der Waals surface area contributed by atoms with Gasteiger partial charge < -0.3 is 29.7 Å². The summed E-state index contributed by atoms with van der Waals surface area (Å²) in [6, 6.07) is 24.4. The Morgan fingerprint density at radius 2 is 1.02 bits per heavy atom. The zero-order valence-corrected chi connectivity index (χ0v) is 49.7. The molecule has 83 heavy (non-hydrogen) atoms. The van der Waals surface area contributed by atoms with Gasteiger partial charge in [-0.25, -0.2) is 9.97 Å². The van der Waals surface area contributed by atoms with Crippen molar-refractivity contribution in [2.24, 2.45) is 16.2 Å². The third-order valence-corrected chi connectivity index (χ3v) is 14.8. The monoisotopic (exact) mass is 1220 g/mol. The summed E-state index contributed by atoms with van der Waals surface area (Å²) in [4.78, 5) is 91.9. The molecule has 0 radical (unpaired) electrons. The molecule has 24 heteroatoms. The molecule has 8 aromatic rings. The first-order valence-corrected chi connectivity index (χ1v) is 28.2. The van der Waals surface area contributed by atoms with Crippen LogP contribution in [0.1, 0.15) is 73.4 Å². The molecular formula is C59H60BBrCl2N12O8. The van der Waals surface area contributed by atoms with E-state index in [0.29, 0.717) is 77.0 Å². The molecule has 0 aliphatic carbocycles. The van der Waals surface area contributed by atoms with Gasteiger partial charge in [-0.2, -0.15) is 20.4 Å². The Kier molecular flexibility index (Phi) is 18.3. The summed E-state index contributed by atoms with van der Waals surface area (Å²) in [5, 5.41) is 22.7. The number of benzene rings is 2. The van der Waals surface area contributed by atoms with Crippen LogP contribution in [0, 0.1) is 16.2 Å². The fourth-order valence-electron chi connectivity index (χ4n) is 9.63. The number of fused-ring (bicyclic) bond motifs is 2. The first-order chi connectivity index (χ1) is 39.5. The molecule has 3 saturated heterocycles. The number of aromatic nitrogens is 8. The van der Waals surface area contributed by atoms with Crippen molar-refractivity contribution in [3.63, 3.8) is 0 Å². The second kappa shape index (κ2) is 25.4. The highest BCUT2D eigenvalue weighted by molar-refractivity contribution is 9.10.